The molecule has 2 heterocycles. The first-order valence-electron chi connectivity index (χ1n) is 8.97. The minimum Gasteiger partial charge on any atom is -0.467 e. The van der Waals surface area contributed by atoms with Crippen LogP contribution in [0.3, 0.4) is 0 Å². The zero-order chi connectivity index (χ0) is 17.9. The van der Waals surface area contributed by atoms with E-state index >= 15 is 0 Å². The van der Waals surface area contributed by atoms with Crippen LogP contribution in [0.2, 0.25) is 0 Å². The number of β-amino-alcohol motifs (C(OH)–C–C–N with tert-alkyl or cyclic N) is 1. The highest BCUT2D eigenvalue weighted by Crippen LogP contribution is 2.31. The van der Waals surface area contributed by atoms with Gasteiger partial charge in [0, 0.05) is 37.0 Å². The van der Waals surface area contributed by atoms with Crippen LogP contribution in [0, 0.1) is 0 Å². The third kappa shape index (κ3) is 3.54. The predicted molar refractivity (Wildman–Crippen MR) is 101 cm³/mol. The maximum atomic E-state index is 10.7. The normalized spacial score (nSPS) is 21.0. The lowest BCUT2D eigenvalue weighted by molar-refractivity contribution is 0.0476. The van der Waals surface area contributed by atoms with Gasteiger partial charge in [-0.25, -0.2) is 9.97 Å². The van der Waals surface area contributed by atoms with Gasteiger partial charge in [-0.05, 0) is 29.3 Å². The largest absolute Gasteiger partial charge is 0.467 e. The minimum absolute atomic E-state index is 0.183. The van der Waals surface area contributed by atoms with Gasteiger partial charge in [0.15, 0.2) is 0 Å². The Bertz CT molecular complexity index is 882. The molecule has 0 bridgehead atoms. The van der Waals surface area contributed by atoms with Crippen molar-refractivity contribution < 1.29 is 9.84 Å². The smallest absolute Gasteiger partial charge is 0.316 e. The quantitative estimate of drug-likeness (QED) is 0.785. The fourth-order valence-corrected chi connectivity index (χ4v) is 3.76. The van der Waals surface area contributed by atoms with E-state index in [1.54, 1.807) is 19.5 Å². The average molecular weight is 349 g/mol. The van der Waals surface area contributed by atoms with Crippen LogP contribution in [0.4, 0.5) is 0 Å². The van der Waals surface area contributed by atoms with Crippen LogP contribution in [-0.2, 0) is 6.54 Å². The summed E-state index contributed by atoms with van der Waals surface area (Å²) in [6, 6.07) is 15.3. The molecule has 3 aromatic rings. The van der Waals surface area contributed by atoms with Gasteiger partial charge in [0.1, 0.15) is 0 Å². The highest BCUT2D eigenvalue weighted by molar-refractivity contribution is 5.83. The van der Waals surface area contributed by atoms with Crippen molar-refractivity contribution in [1.29, 1.82) is 0 Å². The Hall–Kier alpha value is -2.50. The molecule has 0 amide bonds. The van der Waals surface area contributed by atoms with E-state index in [4.69, 9.17) is 4.74 Å². The van der Waals surface area contributed by atoms with Crippen LogP contribution in [0.5, 0.6) is 6.01 Å². The van der Waals surface area contributed by atoms with E-state index in [1.165, 1.54) is 16.3 Å². The third-order valence-electron chi connectivity index (χ3n) is 5.14. The van der Waals surface area contributed by atoms with E-state index in [0.717, 1.165) is 25.1 Å². The molecule has 134 valence electrons. The summed E-state index contributed by atoms with van der Waals surface area (Å²) in [6.45, 7) is 2.34. The number of aliphatic hydroxyl groups excluding tert-OH is 1. The zero-order valence-corrected chi connectivity index (χ0v) is 14.9. The van der Waals surface area contributed by atoms with Gasteiger partial charge in [-0.1, -0.05) is 42.5 Å². The molecule has 0 radical (unpaired) electrons. The molecule has 0 unspecified atom stereocenters. The predicted octanol–water partition coefficient (Wildman–Crippen LogP) is 2.99. The van der Waals surface area contributed by atoms with Crippen LogP contribution < -0.4 is 4.74 Å². The Morgan fingerprint density at radius 2 is 1.88 bits per heavy atom. The maximum absolute atomic E-state index is 10.7. The van der Waals surface area contributed by atoms with Crippen molar-refractivity contribution >= 4 is 10.8 Å². The Morgan fingerprint density at radius 1 is 1.12 bits per heavy atom. The number of hydrogen-bond donors (Lipinski definition) is 1. The van der Waals surface area contributed by atoms with E-state index in [0.29, 0.717) is 12.6 Å². The van der Waals surface area contributed by atoms with Crippen molar-refractivity contribution in [2.45, 2.75) is 25.0 Å². The van der Waals surface area contributed by atoms with Gasteiger partial charge in [-0.15, -0.1) is 0 Å². The molecular formula is C21H23N3O2. The number of methoxy groups -OCH3 is 1. The van der Waals surface area contributed by atoms with Crippen molar-refractivity contribution in [3.8, 4) is 6.01 Å². The van der Waals surface area contributed by atoms with Gasteiger partial charge in [0.05, 0.1) is 13.2 Å². The molecule has 0 saturated carbocycles. The minimum atomic E-state index is -0.371. The summed E-state index contributed by atoms with van der Waals surface area (Å²) >= 11 is 0. The Labute approximate surface area is 153 Å². The molecule has 0 spiro atoms. The number of ether oxygens (including phenoxy) is 1. The van der Waals surface area contributed by atoms with Crippen molar-refractivity contribution in [1.82, 2.24) is 14.9 Å². The van der Waals surface area contributed by atoms with Crippen LogP contribution in [-0.4, -0.2) is 46.3 Å². The van der Waals surface area contributed by atoms with Gasteiger partial charge in [0.2, 0.25) is 0 Å². The Balaban J connectivity index is 1.43. The Morgan fingerprint density at radius 3 is 2.62 bits per heavy atom. The lowest BCUT2D eigenvalue weighted by Gasteiger charge is -2.36. The van der Waals surface area contributed by atoms with E-state index in [-0.39, 0.29) is 12.0 Å². The molecule has 2 atom stereocenters. The molecule has 1 aliphatic heterocycles. The number of fused-ring (bicyclic) bond motifs is 1. The summed E-state index contributed by atoms with van der Waals surface area (Å²) in [4.78, 5) is 10.6. The summed E-state index contributed by atoms with van der Waals surface area (Å²) in [5, 5.41) is 13.2. The van der Waals surface area contributed by atoms with Gasteiger partial charge < -0.3 is 9.84 Å². The van der Waals surface area contributed by atoms with Crippen LogP contribution >= 0.6 is 0 Å². The molecule has 1 N–H and O–H groups in total. The summed E-state index contributed by atoms with van der Waals surface area (Å²) in [6.07, 6.45) is 4.14. The highest BCUT2D eigenvalue weighted by Gasteiger charge is 2.29. The van der Waals surface area contributed by atoms with E-state index in [9.17, 15) is 5.11 Å². The average Bonchev–Trinajstić information content (AvgIpc) is 2.68. The highest BCUT2D eigenvalue weighted by atomic mass is 16.5. The number of rotatable bonds is 4. The second kappa shape index (κ2) is 7.40. The summed E-state index contributed by atoms with van der Waals surface area (Å²) in [5.41, 5.74) is 2.26. The summed E-state index contributed by atoms with van der Waals surface area (Å²) in [5.74, 6) is 0.183. The number of aliphatic hydroxyl groups is 1. The molecule has 1 aliphatic rings. The fourth-order valence-electron chi connectivity index (χ4n) is 3.76. The lowest BCUT2D eigenvalue weighted by Crippen LogP contribution is -2.42. The van der Waals surface area contributed by atoms with E-state index < -0.39 is 0 Å². The Kier molecular flexibility index (Phi) is 4.82. The summed E-state index contributed by atoms with van der Waals surface area (Å²) in [7, 11) is 1.56. The molecule has 5 nitrogen and oxygen atoms in total. The standard InChI is InChI=1S/C21H23N3O2/c1-26-21-22-11-15(12-23-21)13-24-9-8-19(20(25)14-24)18-7-6-16-4-2-3-5-17(16)10-18/h2-7,10-12,19-20,25H,8-9,13-14H2,1H3/t19-,20+/m1/s1. The van der Waals surface area contributed by atoms with Gasteiger partial charge >= 0.3 is 6.01 Å². The zero-order valence-electron chi connectivity index (χ0n) is 14.9. The molecule has 5 heteroatoms. The SMILES string of the molecule is COc1ncc(CN2CC[C@H](c3ccc4ccccc4c3)[C@@H](O)C2)cn1. The van der Waals surface area contributed by atoms with Crippen LogP contribution in [0.1, 0.15) is 23.5 Å². The van der Waals surface area contributed by atoms with Gasteiger partial charge in [-0.2, -0.15) is 0 Å². The first-order valence-corrected chi connectivity index (χ1v) is 8.97. The maximum Gasteiger partial charge on any atom is 0.316 e. The van der Waals surface area contributed by atoms with Crippen molar-refractivity contribution in [3.63, 3.8) is 0 Å². The molecular weight excluding hydrogens is 326 g/mol. The molecule has 1 fully saturated rings. The first-order chi connectivity index (χ1) is 12.7. The number of likely N-dealkylation sites (tertiary alicyclic amines) is 1. The van der Waals surface area contributed by atoms with E-state index in [2.05, 4.69) is 57.3 Å². The summed E-state index contributed by atoms with van der Waals surface area (Å²) < 4.78 is 4.99. The van der Waals surface area contributed by atoms with Crippen LogP contribution in [0.25, 0.3) is 10.8 Å². The third-order valence-corrected chi connectivity index (χ3v) is 5.14. The van der Waals surface area contributed by atoms with Crippen LogP contribution in [0.15, 0.2) is 54.9 Å². The fraction of sp³-hybridized carbons (Fsp3) is 0.333. The number of nitrogens with zero attached hydrogens (tertiary/aromatic N) is 3. The first kappa shape index (κ1) is 16.9. The molecule has 2 aromatic carbocycles. The molecule has 1 saturated heterocycles. The molecule has 4 rings (SSSR count). The molecule has 26 heavy (non-hydrogen) atoms. The van der Waals surface area contributed by atoms with Crippen molar-refractivity contribution in [3.05, 3.63) is 66.0 Å². The second-order valence-corrected chi connectivity index (χ2v) is 6.88. The molecule has 0 aliphatic carbocycles. The van der Waals surface area contributed by atoms with Gasteiger partial charge in [0.25, 0.3) is 0 Å². The number of aromatic nitrogens is 2. The van der Waals surface area contributed by atoms with Crippen molar-refractivity contribution in [2.24, 2.45) is 0 Å². The second-order valence-electron chi connectivity index (χ2n) is 6.88. The van der Waals surface area contributed by atoms with Crippen molar-refractivity contribution in [2.75, 3.05) is 20.2 Å². The monoisotopic (exact) mass is 349 g/mol. The van der Waals surface area contributed by atoms with E-state index in [1.807, 2.05) is 0 Å². The topological polar surface area (TPSA) is 58.5 Å². The number of benzene rings is 2. The van der Waals surface area contributed by atoms with Gasteiger partial charge in [-0.3, -0.25) is 4.90 Å². The lowest BCUT2D eigenvalue weighted by atomic mass is 9.86. The number of piperidine rings is 1. The number of hydrogen-bond acceptors (Lipinski definition) is 5. The molecule has 1 aromatic heterocycles.